The number of aryl methyl sites for hydroxylation is 2. The first-order valence-electron chi connectivity index (χ1n) is 10.1. The van der Waals surface area contributed by atoms with Gasteiger partial charge >= 0.3 is 0 Å². The summed E-state index contributed by atoms with van der Waals surface area (Å²) in [6.07, 6.45) is 4.49. The molecule has 1 aromatic carbocycles. The maximum atomic E-state index is 13.6. The molecule has 0 aliphatic carbocycles. The molecule has 0 aliphatic heterocycles. The molecule has 0 radical (unpaired) electrons. The van der Waals surface area contributed by atoms with Crippen LogP contribution < -0.4 is 0 Å². The van der Waals surface area contributed by atoms with Crippen LogP contribution in [-0.4, -0.2) is 34.3 Å². The largest absolute Gasteiger partial charge is 0.421 e. The fourth-order valence-corrected chi connectivity index (χ4v) is 3.67. The van der Waals surface area contributed by atoms with E-state index in [1.807, 2.05) is 29.0 Å². The molecule has 0 aliphatic rings. The molecular weight excluding hydrogens is 397 g/mol. The van der Waals surface area contributed by atoms with Crippen LogP contribution in [-0.2, 0) is 13.1 Å². The van der Waals surface area contributed by atoms with Crippen molar-refractivity contribution in [2.45, 2.75) is 33.4 Å². The lowest BCUT2D eigenvalue weighted by Crippen LogP contribution is -2.10. The van der Waals surface area contributed by atoms with Crippen LogP contribution in [0.5, 0.6) is 0 Å². The summed E-state index contributed by atoms with van der Waals surface area (Å²) in [5, 5.41) is 8.04. The summed E-state index contributed by atoms with van der Waals surface area (Å²) in [5.74, 6) is 1.95. The fourth-order valence-electron chi connectivity index (χ4n) is 3.67. The summed E-state index contributed by atoms with van der Waals surface area (Å²) in [6.45, 7) is 5.18. The summed E-state index contributed by atoms with van der Waals surface area (Å²) < 4.78 is 23.3. The van der Waals surface area contributed by atoms with Crippen molar-refractivity contribution in [3.8, 4) is 23.0 Å². The van der Waals surface area contributed by atoms with E-state index in [1.54, 1.807) is 25.3 Å². The molecule has 8 nitrogen and oxygen atoms in total. The van der Waals surface area contributed by atoms with Crippen molar-refractivity contribution in [1.29, 1.82) is 0 Å². The minimum atomic E-state index is -0.533. The van der Waals surface area contributed by atoms with E-state index in [1.165, 1.54) is 6.07 Å². The quantitative estimate of drug-likeness (QED) is 0.384. The van der Waals surface area contributed by atoms with E-state index in [0.717, 1.165) is 35.4 Å². The molecule has 9 heteroatoms. The Morgan fingerprint density at radius 2 is 2.00 bits per heavy atom. The number of hydrogen-bond acceptors (Lipinski definition) is 6. The lowest BCUT2D eigenvalue weighted by Gasteiger charge is -2.11. The molecule has 4 heterocycles. The number of nitrogens with zero attached hydrogens (tertiary/aromatic N) is 7. The average Bonchev–Trinajstić information content (AvgIpc) is 3.48. The van der Waals surface area contributed by atoms with Gasteiger partial charge in [-0.3, -0.25) is 0 Å². The van der Waals surface area contributed by atoms with Crippen molar-refractivity contribution in [1.82, 2.24) is 34.3 Å². The molecule has 4 aromatic heterocycles. The van der Waals surface area contributed by atoms with Crippen LogP contribution in [0.1, 0.15) is 25.1 Å². The molecule has 156 valence electrons. The molecule has 31 heavy (non-hydrogen) atoms. The third-order valence-corrected chi connectivity index (χ3v) is 5.02. The van der Waals surface area contributed by atoms with Gasteiger partial charge in [0.1, 0.15) is 11.5 Å². The Bertz CT molecular complexity index is 1370. The highest BCUT2D eigenvalue weighted by atomic mass is 19.1. The molecule has 5 aromatic rings. The van der Waals surface area contributed by atoms with E-state index in [0.29, 0.717) is 29.8 Å². The lowest BCUT2D eigenvalue weighted by atomic mass is 10.2. The molecule has 0 spiro atoms. The van der Waals surface area contributed by atoms with Gasteiger partial charge in [-0.05, 0) is 36.8 Å². The Labute approximate surface area is 177 Å². The maximum absolute atomic E-state index is 13.6. The Morgan fingerprint density at radius 1 is 1.10 bits per heavy atom. The Balaban J connectivity index is 1.56. The van der Waals surface area contributed by atoms with Crippen LogP contribution in [0.2, 0.25) is 0 Å². The van der Waals surface area contributed by atoms with Crippen molar-refractivity contribution in [2.75, 3.05) is 0 Å². The van der Waals surface area contributed by atoms with Gasteiger partial charge in [0, 0.05) is 31.4 Å². The van der Waals surface area contributed by atoms with Gasteiger partial charge in [-0.15, -0.1) is 10.2 Å². The monoisotopic (exact) mass is 417 g/mol. The summed E-state index contributed by atoms with van der Waals surface area (Å²) in [7, 11) is 0. The Hall–Kier alpha value is -3.88. The van der Waals surface area contributed by atoms with Gasteiger partial charge in [-0.2, -0.15) is 4.39 Å². The molecule has 0 atom stereocenters. The van der Waals surface area contributed by atoms with E-state index in [2.05, 4.69) is 31.7 Å². The zero-order valence-electron chi connectivity index (χ0n) is 17.2. The minimum Gasteiger partial charge on any atom is -0.421 e. The normalized spacial score (nSPS) is 11.5. The third-order valence-electron chi connectivity index (χ3n) is 5.02. The van der Waals surface area contributed by atoms with Gasteiger partial charge in [-0.25, -0.2) is 15.0 Å². The number of hydrogen-bond donors (Lipinski definition) is 0. The highest BCUT2D eigenvalue weighted by Gasteiger charge is 2.16. The molecule has 0 N–H and O–H groups in total. The van der Waals surface area contributed by atoms with Crippen LogP contribution in [0, 0.1) is 12.9 Å². The smallest absolute Gasteiger partial charge is 0.247 e. The maximum Gasteiger partial charge on any atom is 0.247 e. The van der Waals surface area contributed by atoms with Crippen molar-refractivity contribution in [3.63, 3.8) is 0 Å². The highest BCUT2D eigenvalue weighted by Crippen LogP contribution is 2.26. The number of benzene rings is 1. The molecule has 0 saturated carbocycles. The van der Waals surface area contributed by atoms with Gasteiger partial charge in [0.25, 0.3) is 0 Å². The van der Waals surface area contributed by atoms with E-state index >= 15 is 0 Å². The molecule has 0 bridgehead atoms. The fraction of sp³-hybridized carbons (Fsp3) is 0.227. The predicted octanol–water partition coefficient (Wildman–Crippen LogP) is 4.25. The van der Waals surface area contributed by atoms with Crippen molar-refractivity contribution >= 4 is 11.0 Å². The van der Waals surface area contributed by atoms with Crippen LogP contribution in [0.3, 0.4) is 0 Å². The zero-order chi connectivity index (χ0) is 21.4. The van der Waals surface area contributed by atoms with Crippen LogP contribution >= 0.6 is 0 Å². The number of aromatic nitrogens is 7. The summed E-state index contributed by atoms with van der Waals surface area (Å²) in [4.78, 5) is 13.2. The topological polar surface area (TPSA) is 87.5 Å². The molecular formula is C22H20FN7O. The molecule has 0 unspecified atom stereocenters. The van der Waals surface area contributed by atoms with Gasteiger partial charge in [0.05, 0.1) is 17.6 Å². The average molecular weight is 417 g/mol. The number of imidazole rings is 2. The second-order valence-electron chi connectivity index (χ2n) is 7.23. The van der Waals surface area contributed by atoms with Gasteiger partial charge in [0.2, 0.25) is 17.7 Å². The molecule has 0 fully saturated rings. The minimum absolute atomic E-state index is 0.483. The van der Waals surface area contributed by atoms with E-state index < -0.39 is 5.95 Å². The summed E-state index contributed by atoms with van der Waals surface area (Å²) in [6, 6.07) is 10.6. The second kappa shape index (κ2) is 7.75. The summed E-state index contributed by atoms with van der Waals surface area (Å²) in [5.41, 5.74) is 3.21. The zero-order valence-corrected chi connectivity index (χ0v) is 17.2. The summed E-state index contributed by atoms with van der Waals surface area (Å²) >= 11 is 0. The Morgan fingerprint density at radius 3 is 2.77 bits per heavy atom. The lowest BCUT2D eigenvalue weighted by molar-refractivity contribution is 0.533. The standard InChI is InChI=1S/C22H20FN7O/c1-3-10-30-18-12-15(22-28-27-14(2)31-22)7-8-16(18)26-20(30)13-29-11-9-24-21(29)17-5-4-6-19(23)25-17/h4-9,11-12H,3,10,13H2,1-2H3. The van der Waals surface area contributed by atoms with Gasteiger partial charge < -0.3 is 13.6 Å². The number of fused-ring (bicyclic) bond motifs is 1. The van der Waals surface area contributed by atoms with Crippen LogP contribution in [0.15, 0.2) is 53.2 Å². The van der Waals surface area contributed by atoms with Crippen molar-refractivity contribution in [2.24, 2.45) is 0 Å². The SMILES string of the molecule is CCCn1c(Cn2ccnc2-c2cccc(F)n2)nc2ccc(-c3nnc(C)o3)cc21. The van der Waals surface area contributed by atoms with Crippen LogP contribution in [0.4, 0.5) is 4.39 Å². The first-order valence-corrected chi connectivity index (χ1v) is 10.1. The van der Waals surface area contributed by atoms with E-state index in [9.17, 15) is 4.39 Å². The molecule has 0 amide bonds. The first kappa shape index (κ1) is 19.1. The molecule has 5 rings (SSSR count). The van der Waals surface area contributed by atoms with Crippen molar-refractivity contribution in [3.05, 3.63) is 66.5 Å². The molecule has 0 saturated heterocycles. The Kier molecular flexibility index (Phi) is 4.78. The van der Waals surface area contributed by atoms with Crippen LogP contribution in [0.25, 0.3) is 34.0 Å². The number of rotatable bonds is 6. The number of pyridine rings is 1. The number of halogens is 1. The van der Waals surface area contributed by atoms with E-state index in [-0.39, 0.29) is 0 Å². The third kappa shape index (κ3) is 3.58. The van der Waals surface area contributed by atoms with Crippen molar-refractivity contribution < 1.29 is 8.81 Å². The van der Waals surface area contributed by atoms with Gasteiger partial charge in [0.15, 0.2) is 5.82 Å². The highest BCUT2D eigenvalue weighted by molar-refractivity contribution is 5.81. The van der Waals surface area contributed by atoms with Gasteiger partial charge in [-0.1, -0.05) is 13.0 Å². The first-order chi connectivity index (χ1) is 15.1. The predicted molar refractivity (Wildman–Crippen MR) is 113 cm³/mol. The second-order valence-corrected chi connectivity index (χ2v) is 7.23. The van der Waals surface area contributed by atoms with E-state index in [4.69, 9.17) is 9.40 Å².